The Balaban J connectivity index is 2.08. The van der Waals surface area contributed by atoms with Crippen molar-refractivity contribution in [2.75, 3.05) is 7.11 Å². The van der Waals surface area contributed by atoms with Gasteiger partial charge in [0.15, 0.2) is 0 Å². The van der Waals surface area contributed by atoms with E-state index in [4.69, 9.17) is 16.3 Å². The molecule has 0 aliphatic heterocycles. The topological polar surface area (TPSA) is 55.0 Å². The largest absolute Gasteiger partial charge is 0.495 e. The molecule has 0 spiro atoms. The van der Waals surface area contributed by atoms with Crippen LogP contribution in [0.25, 0.3) is 11.1 Å². The highest BCUT2D eigenvalue weighted by Gasteiger charge is 2.38. The van der Waals surface area contributed by atoms with E-state index in [2.05, 4.69) is 19.9 Å². The summed E-state index contributed by atoms with van der Waals surface area (Å²) in [6.07, 6.45) is 5.15. The highest BCUT2D eigenvalue weighted by molar-refractivity contribution is 6.31. The molecule has 1 unspecified atom stereocenters. The van der Waals surface area contributed by atoms with Crippen LogP contribution in [0.5, 0.6) is 5.75 Å². The van der Waals surface area contributed by atoms with Gasteiger partial charge in [-0.15, -0.1) is 0 Å². The summed E-state index contributed by atoms with van der Waals surface area (Å²) in [5.41, 5.74) is 1.91. The SMILES string of the molecule is COc1cn(C(C)CC2(C)CC2)c(=O)cc1-c1cc(Cl)ccc1C#N. The average molecular weight is 357 g/mol. The molecule has 5 heteroatoms. The van der Waals surface area contributed by atoms with E-state index in [9.17, 15) is 10.1 Å². The fraction of sp³-hybridized carbons (Fsp3) is 0.400. The lowest BCUT2D eigenvalue weighted by atomic mass is 9.98. The first-order valence-corrected chi connectivity index (χ1v) is 8.75. The fourth-order valence-corrected chi connectivity index (χ4v) is 3.48. The van der Waals surface area contributed by atoms with Crippen LogP contribution in [-0.2, 0) is 0 Å². The van der Waals surface area contributed by atoms with E-state index in [0.29, 0.717) is 32.9 Å². The van der Waals surface area contributed by atoms with Crippen molar-refractivity contribution >= 4 is 11.6 Å². The molecule has 2 aromatic rings. The number of aromatic nitrogens is 1. The molecule has 1 atom stereocenters. The second-order valence-corrected chi connectivity index (χ2v) is 7.60. The number of pyridine rings is 1. The number of nitrogens with zero attached hydrogens (tertiary/aromatic N) is 2. The molecule has 1 heterocycles. The maximum absolute atomic E-state index is 12.7. The quantitative estimate of drug-likeness (QED) is 0.773. The lowest BCUT2D eigenvalue weighted by Gasteiger charge is -2.21. The van der Waals surface area contributed by atoms with Crippen molar-refractivity contribution in [2.24, 2.45) is 5.41 Å². The lowest BCUT2D eigenvalue weighted by Crippen LogP contribution is -2.24. The predicted octanol–water partition coefficient (Wildman–Crippen LogP) is 4.80. The van der Waals surface area contributed by atoms with Crippen LogP contribution in [-0.4, -0.2) is 11.7 Å². The number of benzene rings is 1. The molecular weight excluding hydrogens is 336 g/mol. The van der Waals surface area contributed by atoms with Crippen molar-refractivity contribution in [2.45, 2.75) is 39.2 Å². The highest BCUT2D eigenvalue weighted by atomic mass is 35.5. The Morgan fingerprint density at radius 2 is 2.08 bits per heavy atom. The first-order valence-electron chi connectivity index (χ1n) is 8.37. The zero-order chi connectivity index (χ0) is 18.2. The lowest BCUT2D eigenvalue weighted by molar-refractivity contribution is 0.369. The summed E-state index contributed by atoms with van der Waals surface area (Å²) in [6, 6.07) is 8.78. The third-order valence-corrected chi connectivity index (χ3v) is 5.26. The Morgan fingerprint density at radius 1 is 1.36 bits per heavy atom. The van der Waals surface area contributed by atoms with Crippen molar-refractivity contribution in [3.8, 4) is 22.9 Å². The Bertz CT molecular complexity index is 907. The minimum Gasteiger partial charge on any atom is -0.495 e. The summed E-state index contributed by atoms with van der Waals surface area (Å²) in [5, 5.41) is 9.87. The molecule has 1 saturated carbocycles. The van der Waals surface area contributed by atoms with Gasteiger partial charge >= 0.3 is 0 Å². The van der Waals surface area contributed by atoms with Crippen LogP contribution in [0.3, 0.4) is 0 Å². The summed E-state index contributed by atoms with van der Waals surface area (Å²) in [5.74, 6) is 0.561. The van der Waals surface area contributed by atoms with Crippen LogP contribution >= 0.6 is 11.6 Å². The van der Waals surface area contributed by atoms with Gasteiger partial charge in [-0.05, 0) is 49.8 Å². The Labute approximate surface area is 152 Å². The van der Waals surface area contributed by atoms with Crippen LogP contribution in [0.1, 0.15) is 44.7 Å². The van der Waals surface area contributed by atoms with Crippen molar-refractivity contribution in [1.82, 2.24) is 4.57 Å². The zero-order valence-corrected chi connectivity index (χ0v) is 15.4. The normalized spacial score (nSPS) is 16.1. The number of hydrogen-bond acceptors (Lipinski definition) is 3. The minimum absolute atomic E-state index is 0.0951. The molecule has 1 aromatic heterocycles. The van der Waals surface area contributed by atoms with Crippen LogP contribution in [0.2, 0.25) is 5.02 Å². The number of rotatable bonds is 5. The van der Waals surface area contributed by atoms with Gasteiger partial charge in [0.1, 0.15) is 5.75 Å². The Kier molecular flexibility index (Phi) is 4.62. The van der Waals surface area contributed by atoms with E-state index in [1.807, 2.05) is 0 Å². The highest BCUT2D eigenvalue weighted by Crippen LogP contribution is 2.50. The van der Waals surface area contributed by atoms with Gasteiger partial charge in [-0.1, -0.05) is 18.5 Å². The van der Waals surface area contributed by atoms with Gasteiger partial charge in [0, 0.05) is 28.3 Å². The molecule has 25 heavy (non-hydrogen) atoms. The first-order chi connectivity index (χ1) is 11.9. The van der Waals surface area contributed by atoms with Crippen LogP contribution in [0, 0.1) is 16.7 Å². The number of halogens is 1. The molecule has 0 bridgehead atoms. The van der Waals surface area contributed by atoms with Crippen LogP contribution in [0.4, 0.5) is 0 Å². The minimum atomic E-state index is -0.101. The predicted molar refractivity (Wildman–Crippen MR) is 99.1 cm³/mol. The average Bonchev–Trinajstić information content (AvgIpc) is 3.31. The molecule has 0 saturated heterocycles. The van der Waals surface area contributed by atoms with Crippen molar-refractivity contribution in [1.29, 1.82) is 5.26 Å². The molecule has 3 rings (SSSR count). The number of ether oxygens (including phenoxy) is 1. The van der Waals surface area contributed by atoms with E-state index in [-0.39, 0.29) is 11.6 Å². The molecule has 1 fully saturated rings. The number of methoxy groups -OCH3 is 1. The summed E-state index contributed by atoms with van der Waals surface area (Å²) in [4.78, 5) is 12.7. The van der Waals surface area contributed by atoms with Gasteiger partial charge in [0.25, 0.3) is 5.56 Å². The summed E-state index contributed by atoms with van der Waals surface area (Å²) in [7, 11) is 1.57. The summed E-state index contributed by atoms with van der Waals surface area (Å²) < 4.78 is 7.24. The third-order valence-electron chi connectivity index (χ3n) is 5.02. The van der Waals surface area contributed by atoms with Gasteiger partial charge in [-0.2, -0.15) is 5.26 Å². The molecule has 1 aliphatic carbocycles. The van der Waals surface area contributed by atoms with Gasteiger partial charge in [-0.25, -0.2) is 0 Å². The molecule has 130 valence electrons. The number of nitriles is 1. The molecule has 0 N–H and O–H groups in total. The monoisotopic (exact) mass is 356 g/mol. The fourth-order valence-electron chi connectivity index (χ4n) is 3.31. The van der Waals surface area contributed by atoms with E-state index in [0.717, 1.165) is 6.42 Å². The Hall–Kier alpha value is -2.25. The number of hydrogen-bond donors (Lipinski definition) is 0. The first kappa shape index (κ1) is 17.6. The van der Waals surface area contributed by atoms with E-state index >= 15 is 0 Å². The molecular formula is C20H21ClN2O2. The van der Waals surface area contributed by atoms with Crippen LogP contribution < -0.4 is 10.3 Å². The molecule has 0 amide bonds. The summed E-state index contributed by atoms with van der Waals surface area (Å²) in [6.45, 7) is 4.31. The molecule has 1 aromatic carbocycles. The zero-order valence-electron chi connectivity index (χ0n) is 14.7. The summed E-state index contributed by atoms with van der Waals surface area (Å²) >= 11 is 6.09. The molecule has 4 nitrogen and oxygen atoms in total. The standard InChI is InChI=1S/C20H21ClN2O2/c1-13(10-20(2)6-7-20)23-12-18(25-3)17(9-19(23)24)16-8-15(21)5-4-14(16)11-22/h4-5,8-9,12-13H,6-7,10H2,1-3H3. The van der Waals surface area contributed by atoms with Gasteiger partial charge in [0.2, 0.25) is 0 Å². The maximum atomic E-state index is 12.7. The van der Waals surface area contributed by atoms with Gasteiger partial charge in [-0.3, -0.25) is 4.79 Å². The smallest absolute Gasteiger partial charge is 0.251 e. The van der Waals surface area contributed by atoms with Crippen molar-refractivity contribution < 1.29 is 4.74 Å². The van der Waals surface area contributed by atoms with Gasteiger partial charge < -0.3 is 9.30 Å². The van der Waals surface area contributed by atoms with Crippen molar-refractivity contribution in [3.05, 3.63) is 51.4 Å². The van der Waals surface area contributed by atoms with E-state index < -0.39 is 0 Å². The second-order valence-electron chi connectivity index (χ2n) is 7.17. The maximum Gasteiger partial charge on any atom is 0.251 e. The Morgan fingerprint density at radius 3 is 2.68 bits per heavy atom. The van der Waals surface area contributed by atoms with Crippen LogP contribution in [0.15, 0.2) is 35.3 Å². The third kappa shape index (κ3) is 3.57. The second kappa shape index (κ2) is 6.57. The molecule has 1 aliphatic rings. The van der Waals surface area contributed by atoms with Gasteiger partial charge in [0.05, 0.1) is 24.9 Å². The van der Waals surface area contributed by atoms with Crippen molar-refractivity contribution in [3.63, 3.8) is 0 Å². The van der Waals surface area contributed by atoms with E-state index in [1.165, 1.54) is 18.9 Å². The molecule has 0 radical (unpaired) electrons. The van der Waals surface area contributed by atoms with E-state index in [1.54, 1.807) is 36.1 Å².